The molecule has 1 unspecified atom stereocenters. The number of hydrogen-bond donors (Lipinski definition) is 2. The lowest BCUT2D eigenvalue weighted by Crippen LogP contribution is -2.27. The summed E-state index contributed by atoms with van der Waals surface area (Å²) < 4.78 is 0. The molecule has 1 atom stereocenters. The van der Waals surface area contributed by atoms with E-state index in [0.717, 1.165) is 31.6 Å². The molecule has 0 saturated carbocycles. The number of carbonyl (C=O) groups excluding carboxylic acids is 1. The first-order chi connectivity index (χ1) is 8.19. The fourth-order valence-corrected chi connectivity index (χ4v) is 2.25. The Kier molecular flexibility index (Phi) is 3.76. The maximum absolute atomic E-state index is 11.1. The van der Waals surface area contributed by atoms with E-state index in [9.17, 15) is 4.79 Å². The Morgan fingerprint density at radius 1 is 1.29 bits per heavy atom. The SMILES string of the molecule is NCc1ccc(CN2CCC(C(N)=O)C2)cc1. The van der Waals surface area contributed by atoms with Gasteiger partial charge in [-0.05, 0) is 24.1 Å². The first-order valence-corrected chi connectivity index (χ1v) is 5.98. The van der Waals surface area contributed by atoms with E-state index in [-0.39, 0.29) is 11.8 Å². The van der Waals surface area contributed by atoms with Gasteiger partial charge in [-0.25, -0.2) is 0 Å². The third kappa shape index (κ3) is 3.05. The van der Waals surface area contributed by atoms with Crippen LogP contribution in [0.3, 0.4) is 0 Å². The van der Waals surface area contributed by atoms with Crippen molar-refractivity contribution in [1.29, 1.82) is 0 Å². The van der Waals surface area contributed by atoms with E-state index in [1.165, 1.54) is 5.56 Å². The van der Waals surface area contributed by atoms with Gasteiger partial charge in [-0.3, -0.25) is 9.69 Å². The van der Waals surface area contributed by atoms with E-state index in [0.29, 0.717) is 6.54 Å². The van der Waals surface area contributed by atoms with Gasteiger partial charge in [-0.1, -0.05) is 24.3 Å². The molecular formula is C13H19N3O. The zero-order valence-electron chi connectivity index (χ0n) is 9.93. The van der Waals surface area contributed by atoms with Crippen LogP contribution in [-0.2, 0) is 17.9 Å². The van der Waals surface area contributed by atoms with Gasteiger partial charge in [-0.2, -0.15) is 0 Å². The predicted octanol–water partition coefficient (Wildman–Crippen LogP) is 0.453. The van der Waals surface area contributed by atoms with Crippen molar-refractivity contribution in [2.24, 2.45) is 17.4 Å². The summed E-state index contributed by atoms with van der Waals surface area (Å²) in [5.74, 6) is -0.149. The number of likely N-dealkylation sites (tertiary alicyclic amines) is 1. The Bertz CT molecular complexity index is 388. The van der Waals surface area contributed by atoms with Crippen molar-refractivity contribution in [3.05, 3.63) is 35.4 Å². The van der Waals surface area contributed by atoms with Crippen molar-refractivity contribution in [1.82, 2.24) is 4.90 Å². The average Bonchev–Trinajstić information content (AvgIpc) is 2.79. The summed E-state index contributed by atoms with van der Waals surface area (Å²) in [5.41, 5.74) is 13.3. The third-order valence-corrected chi connectivity index (χ3v) is 3.34. The molecule has 17 heavy (non-hydrogen) atoms. The van der Waals surface area contributed by atoms with E-state index in [1.807, 2.05) is 0 Å². The molecule has 1 aromatic carbocycles. The first-order valence-electron chi connectivity index (χ1n) is 5.98. The van der Waals surface area contributed by atoms with Crippen molar-refractivity contribution in [2.45, 2.75) is 19.5 Å². The smallest absolute Gasteiger partial charge is 0.221 e. The quantitative estimate of drug-likeness (QED) is 0.793. The Morgan fingerprint density at radius 3 is 2.47 bits per heavy atom. The monoisotopic (exact) mass is 233 g/mol. The summed E-state index contributed by atoms with van der Waals surface area (Å²) in [4.78, 5) is 13.3. The number of hydrogen-bond acceptors (Lipinski definition) is 3. The molecule has 0 spiro atoms. The van der Waals surface area contributed by atoms with Crippen LogP contribution in [0.25, 0.3) is 0 Å². The molecule has 0 bridgehead atoms. The summed E-state index contributed by atoms with van der Waals surface area (Å²) in [7, 11) is 0. The largest absolute Gasteiger partial charge is 0.369 e. The maximum atomic E-state index is 11.1. The normalized spacial score (nSPS) is 20.6. The summed E-state index contributed by atoms with van der Waals surface area (Å²) in [6.45, 7) is 3.20. The van der Waals surface area contributed by atoms with E-state index >= 15 is 0 Å². The van der Waals surface area contributed by atoms with Gasteiger partial charge in [-0.15, -0.1) is 0 Å². The lowest BCUT2D eigenvalue weighted by molar-refractivity contribution is -0.121. The minimum Gasteiger partial charge on any atom is -0.369 e. The third-order valence-electron chi connectivity index (χ3n) is 3.34. The molecule has 4 N–H and O–H groups in total. The van der Waals surface area contributed by atoms with Gasteiger partial charge >= 0.3 is 0 Å². The molecule has 1 aliphatic rings. The standard InChI is InChI=1S/C13H19N3O/c14-7-10-1-3-11(4-2-10)8-16-6-5-12(9-16)13(15)17/h1-4,12H,5-9,14H2,(H2,15,17). The second kappa shape index (κ2) is 5.29. The average molecular weight is 233 g/mol. The second-order valence-electron chi connectivity index (χ2n) is 4.64. The number of rotatable bonds is 4. The molecule has 92 valence electrons. The van der Waals surface area contributed by atoms with Crippen molar-refractivity contribution < 1.29 is 4.79 Å². The molecule has 2 rings (SSSR count). The van der Waals surface area contributed by atoms with Crippen LogP contribution < -0.4 is 11.5 Å². The van der Waals surface area contributed by atoms with E-state index < -0.39 is 0 Å². The van der Waals surface area contributed by atoms with Gasteiger partial charge in [0.1, 0.15) is 0 Å². The summed E-state index contributed by atoms with van der Waals surface area (Å²) in [5, 5.41) is 0. The Morgan fingerprint density at radius 2 is 1.94 bits per heavy atom. The fourth-order valence-electron chi connectivity index (χ4n) is 2.25. The molecule has 1 aromatic rings. The highest BCUT2D eigenvalue weighted by molar-refractivity contribution is 5.77. The van der Waals surface area contributed by atoms with Crippen LogP contribution in [0.15, 0.2) is 24.3 Å². The van der Waals surface area contributed by atoms with Crippen LogP contribution in [0.5, 0.6) is 0 Å². The van der Waals surface area contributed by atoms with Crippen LogP contribution in [0.2, 0.25) is 0 Å². The molecule has 1 fully saturated rings. The zero-order chi connectivity index (χ0) is 12.3. The molecular weight excluding hydrogens is 214 g/mol. The number of benzene rings is 1. The number of carbonyl (C=O) groups is 1. The molecule has 0 aliphatic carbocycles. The van der Waals surface area contributed by atoms with Crippen LogP contribution >= 0.6 is 0 Å². The summed E-state index contributed by atoms with van der Waals surface area (Å²) in [6.07, 6.45) is 0.885. The Balaban J connectivity index is 1.91. The number of amides is 1. The highest BCUT2D eigenvalue weighted by Crippen LogP contribution is 2.18. The van der Waals surface area contributed by atoms with Crippen molar-refractivity contribution in [3.63, 3.8) is 0 Å². The lowest BCUT2D eigenvalue weighted by Gasteiger charge is -2.15. The zero-order valence-corrected chi connectivity index (χ0v) is 9.93. The highest BCUT2D eigenvalue weighted by Gasteiger charge is 2.26. The minimum atomic E-state index is -0.175. The molecule has 4 heteroatoms. The molecule has 0 aromatic heterocycles. The molecule has 1 heterocycles. The van der Waals surface area contributed by atoms with Gasteiger partial charge in [0.25, 0.3) is 0 Å². The van der Waals surface area contributed by atoms with E-state index in [1.54, 1.807) is 0 Å². The first kappa shape index (κ1) is 12.1. The van der Waals surface area contributed by atoms with Gasteiger partial charge in [0, 0.05) is 19.6 Å². The van der Waals surface area contributed by atoms with Gasteiger partial charge in [0.2, 0.25) is 5.91 Å². The topological polar surface area (TPSA) is 72.3 Å². The predicted molar refractivity (Wildman–Crippen MR) is 66.9 cm³/mol. The van der Waals surface area contributed by atoms with Gasteiger partial charge < -0.3 is 11.5 Å². The van der Waals surface area contributed by atoms with Crippen LogP contribution in [0, 0.1) is 5.92 Å². The highest BCUT2D eigenvalue weighted by atomic mass is 16.1. The molecule has 1 saturated heterocycles. The van der Waals surface area contributed by atoms with Gasteiger partial charge in [0.05, 0.1) is 5.92 Å². The van der Waals surface area contributed by atoms with Crippen LogP contribution in [-0.4, -0.2) is 23.9 Å². The molecule has 4 nitrogen and oxygen atoms in total. The van der Waals surface area contributed by atoms with E-state index in [4.69, 9.17) is 11.5 Å². The van der Waals surface area contributed by atoms with Crippen molar-refractivity contribution in [2.75, 3.05) is 13.1 Å². The minimum absolute atomic E-state index is 0.0262. The summed E-state index contributed by atoms with van der Waals surface area (Å²) in [6, 6.07) is 8.30. The number of primary amides is 1. The van der Waals surface area contributed by atoms with Crippen molar-refractivity contribution >= 4 is 5.91 Å². The molecule has 1 amide bonds. The number of nitrogens with zero attached hydrogens (tertiary/aromatic N) is 1. The molecule has 1 aliphatic heterocycles. The lowest BCUT2D eigenvalue weighted by atomic mass is 10.1. The Labute approximate surface area is 102 Å². The molecule has 0 radical (unpaired) electrons. The maximum Gasteiger partial charge on any atom is 0.221 e. The van der Waals surface area contributed by atoms with Crippen LogP contribution in [0.4, 0.5) is 0 Å². The second-order valence-corrected chi connectivity index (χ2v) is 4.64. The van der Waals surface area contributed by atoms with Crippen molar-refractivity contribution in [3.8, 4) is 0 Å². The summed E-state index contributed by atoms with van der Waals surface area (Å²) >= 11 is 0. The van der Waals surface area contributed by atoms with E-state index in [2.05, 4.69) is 29.2 Å². The van der Waals surface area contributed by atoms with Crippen LogP contribution in [0.1, 0.15) is 17.5 Å². The fraction of sp³-hybridized carbons (Fsp3) is 0.462. The Hall–Kier alpha value is -1.39. The number of nitrogens with two attached hydrogens (primary N) is 2. The van der Waals surface area contributed by atoms with Gasteiger partial charge in [0.15, 0.2) is 0 Å².